The van der Waals surface area contributed by atoms with Crippen LogP contribution in [-0.2, 0) is 10.0 Å². The second kappa shape index (κ2) is 8.17. The number of H-pyrrole nitrogens is 1. The summed E-state index contributed by atoms with van der Waals surface area (Å²) >= 11 is 0. The lowest BCUT2D eigenvalue weighted by molar-refractivity contribution is 0.600. The molecule has 0 bridgehead atoms. The molecule has 32 heavy (non-hydrogen) atoms. The van der Waals surface area contributed by atoms with Crippen LogP contribution in [0.15, 0.2) is 76.6 Å². The number of benzene rings is 2. The zero-order chi connectivity index (χ0) is 22.9. The first-order valence-corrected chi connectivity index (χ1v) is 11.2. The summed E-state index contributed by atoms with van der Waals surface area (Å²) in [4.78, 5) is 17.3. The average Bonchev–Trinajstić information content (AvgIpc) is 3.08. The Morgan fingerprint density at radius 3 is 2.38 bits per heavy atom. The van der Waals surface area contributed by atoms with Gasteiger partial charge in [0.1, 0.15) is 4.90 Å². The van der Waals surface area contributed by atoms with E-state index in [4.69, 9.17) is 5.26 Å². The monoisotopic (exact) mass is 445 g/mol. The number of aromatic amines is 1. The van der Waals surface area contributed by atoms with Gasteiger partial charge in [0, 0.05) is 11.4 Å². The second-order valence-corrected chi connectivity index (χ2v) is 8.87. The standard InChI is InChI=1S/C23H19N5O3S/c1-15-12-21(25-14-20(15)32(30,31)27-19-6-4-3-5-7-19)28-23(29)22(16(2)26-28)18-10-8-17(13-24)9-11-18/h3-12,14,26-27H,1-2H3. The van der Waals surface area contributed by atoms with Crippen LogP contribution in [0.5, 0.6) is 0 Å². The van der Waals surface area contributed by atoms with Gasteiger partial charge in [0.2, 0.25) is 0 Å². The molecule has 0 radical (unpaired) electrons. The number of anilines is 1. The summed E-state index contributed by atoms with van der Waals surface area (Å²) in [6.45, 7) is 3.41. The zero-order valence-corrected chi connectivity index (χ0v) is 18.1. The minimum Gasteiger partial charge on any atom is -0.293 e. The molecule has 160 valence electrons. The Kier molecular flexibility index (Phi) is 5.38. The van der Waals surface area contributed by atoms with E-state index in [2.05, 4.69) is 14.8 Å². The second-order valence-electron chi connectivity index (χ2n) is 7.22. The number of hydrogen-bond acceptors (Lipinski definition) is 5. The topological polar surface area (TPSA) is 121 Å². The molecule has 0 fully saturated rings. The number of nitrogens with zero attached hydrogens (tertiary/aromatic N) is 3. The van der Waals surface area contributed by atoms with E-state index in [-0.39, 0.29) is 16.3 Å². The van der Waals surface area contributed by atoms with Crippen molar-refractivity contribution >= 4 is 15.7 Å². The van der Waals surface area contributed by atoms with Gasteiger partial charge in [0.05, 0.1) is 23.4 Å². The van der Waals surface area contributed by atoms with Crippen LogP contribution in [0.3, 0.4) is 0 Å². The lowest BCUT2D eigenvalue weighted by Gasteiger charge is -2.11. The SMILES string of the molecule is Cc1cc(-n2[nH]c(C)c(-c3ccc(C#N)cc3)c2=O)ncc1S(=O)(=O)Nc1ccccc1. The Hall–Kier alpha value is -4.16. The molecule has 0 spiro atoms. The number of nitrogens with one attached hydrogen (secondary N) is 2. The van der Waals surface area contributed by atoms with Crippen LogP contribution in [0, 0.1) is 25.2 Å². The van der Waals surface area contributed by atoms with Crippen molar-refractivity contribution in [1.82, 2.24) is 14.8 Å². The van der Waals surface area contributed by atoms with Crippen molar-refractivity contribution in [2.45, 2.75) is 18.7 Å². The summed E-state index contributed by atoms with van der Waals surface area (Å²) in [5.74, 6) is 0.272. The summed E-state index contributed by atoms with van der Waals surface area (Å²) in [7, 11) is -3.84. The molecule has 4 rings (SSSR count). The smallest absolute Gasteiger partial charge is 0.280 e. The lowest BCUT2D eigenvalue weighted by Crippen LogP contribution is -2.19. The van der Waals surface area contributed by atoms with Gasteiger partial charge in [0.15, 0.2) is 5.82 Å². The highest BCUT2D eigenvalue weighted by Gasteiger charge is 2.20. The molecule has 0 unspecified atom stereocenters. The van der Waals surface area contributed by atoms with Crippen LogP contribution in [0.4, 0.5) is 5.69 Å². The third-order valence-electron chi connectivity index (χ3n) is 4.97. The number of hydrogen-bond donors (Lipinski definition) is 2. The Bertz CT molecular complexity index is 1500. The summed E-state index contributed by atoms with van der Waals surface area (Å²) in [5.41, 5.74) is 2.82. The third kappa shape index (κ3) is 3.91. The minimum absolute atomic E-state index is 0.0220. The molecule has 0 aliphatic rings. The Labute approximate surface area is 184 Å². The normalized spacial score (nSPS) is 11.2. The molecule has 8 nitrogen and oxygen atoms in total. The maximum absolute atomic E-state index is 13.1. The number of para-hydroxylation sites is 1. The van der Waals surface area contributed by atoms with E-state index < -0.39 is 10.0 Å². The molecule has 2 aromatic carbocycles. The summed E-state index contributed by atoms with van der Waals surface area (Å²) < 4.78 is 29.4. The number of rotatable bonds is 5. The Balaban J connectivity index is 1.71. The zero-order valence-electron chi connectivity index (χ0n) is 17.3. The minimum atomic E-state index is -3.84. The molecule has 4 aromatic rings. The fourth-order valence-corrected chi connectivity index (χ4v) is 4.64. The molecule has 0 amide bonds. The molecular formula is C23H19N5O3S. The van der Waals surface area contributed by atoms with Crippen molar-refractivity contribution in [1.29, 1.82) is 5.26 Å². The maximum Gasteiger partial charge on any atom is 0.280 e. The quantitative estimate of drug-likeness (QED) is 0.487. The summed E-state index contributed by atoms with van der Waals surface area (Å²) in [6.07, 6.45) is 1.24. The summed E-state index contributed by atoms with van der Waals surface area (Å²) in [6, 6.07) is 18.9. The van der Waals surface area contributed by atoms with Gasteiger partial charge < -0.3 is 0 Å². The number of nitriles is 1. The first kappa shape index (κ1) is 21.1. The van der Waals surface area contributed by atoms with Gasteiger partial charge in [-0.05, 0) is 55.3 Å². The average molecular weight is 446 g/mol. The number of pyridine rings is 1. The van der Waals surface area contributed by atoms with Crippen molar-refractivity contribution in [3.05, 3.63) is 94.0 Å². The highest BCUT2D eigenvalue weighted by Crippen LogP contribution is 2.22. The first-order valence-electron chi connectivity index (χ1n) is 9.67. The molecule has 9 heteroatoms. The van der Waals surface area contributed by atoms with E-state index in [1.807, 2.05) is 6.07 Å². The van der Waals surface area contributed by atoms with Crippen molar-refractivity contribution < 1.29 is 8.42 Å². The van der Waals surface area contributed by atoms with E-state index in [1.54, 1.807) is 74.5 Å². The highest BCUT2D eigenvalue weighted by atomic mass is 32.2. The molecule has 0 aliphatic carbocycles. The van der Waals surface area contributed by atoms with Crippen molar-refractivity contribution in [3.63, 3.8) is 0 Å². The van der Waals surface area contributed by atoms with Gasteiger partial charge in [-0.3, -0.25) is 14.6 Å². The van der Waals surface area contributed by atoms with E-state index in [9.17, 15) is 13.2 Å². The van der Waals surface area contributed by atoms with Crippen molar-refractivity contribution in [2.75, 3.05) is 4.72 Å². The largest absolute Gasteiger partial charge is 0.293 e. The van der Waals surface area contributed by atoms with Crippen LogP contribution in [0.25, 0.3) is 16.9 Å². The van der Waals surface area contributed by atoms with Crippen LogP contribution in [0.2, 0.25) is 0 Å². The third-order valence-corrected chi connectivity index (χ3v) is 6.48. The number of aryl methyl sites for hydroxylation is 2. The maximum atomic E-state index is 13.1. The van der Waals surface area contributed by atoms with Gasteiger partial charge in [-0.2, -0.15) is 5.26 Å². The van der Waals surface area contributed by atoms with Crippen LogP contribution in [0.1, 0.15) is 16.8 Å². The van der Waals surface area contributed by atoms with E-state index in [0.29, 0.717) is 33.6 Å². The van der Waals surface area contributed by atoms with E-state index in [1.165, 1.54) is 10.9 Å². The van der Waals surface area contributed by atoms with Gasteiger partial charge >= 0.3 is 0 Å². The highest BCUT2D eigenvalue weighted by molar-refractivity contribution is 7.92. The predicted octanol–water partition coefficient (Wildman–Crippen LogP) is 3.52. The van der Waals surface area contributed by atoms with Crippen molar-refractivity contribution in [3.8, 4) is 23.0 Å². The lowest BCUT2D eigenvalue weighted by atomic mass is 10.1. The first-order chi connectivity index (χ1) is 15.3. The molecule has 0 saturated carbocycles. The molecule has 2 heterocycles. The Morgan fingerprint density at radius 2 is 1.75 bits per heavy atom. The van der Waals surface area contributed by atoms with Gasteiger partial charge in [-0.25, -0.2) is 18.1 Å². The van der Waals surface area contributed by atoms with Crippen molar-refractivity contribution in [2.24, 2.45) is 0 Å². The summed E-state index contributed by atoms with van der Waals surface area (Å²) in [5, 5.41) is 12.0. The molecular weight excluding hydrogens is 426 g/mol. The van der Waals surface area contributed by atoms with Crippen LogP contribution in [-0.4, -0.2) is 23.2 Å². The van der Waals surface area contributed by atoms with E-state index >= 15 is 0 Å². The molecule has 2 aromatic heterocycles. The fourth-order valence-electron chi connectivity index (χ4n) is 3.41. The Morgan fingerprint density at radius 1 is 1.06 bits per heavy atom. The molecule has 0 saturated heterocycles. The molecule has 0 aliphatic heterocycles. The van der Waals surface area contributed by atoms with Crippen LogP contribution < -0.4 is 10.3 Å². The molecule has 2 N–H and O–H groups in total. The van der Waals surface area contributed by atoms with Gasteiger partial charge in [-0.1, -0.05) is 30.3 Å². The molecule has 0 atom stereocenters. The van der Waals surface area contributed by atoms with Gasteiger partial charge in [0.25, 0.3) is 15.6 Å². The van der Waals surface area contributed by atoms with Crippen LogP contribution >= 0.6 is 0 Å². The predicted molar refractivity (Wildman–Crippen MR) is 121 cm³/mol. The van der Waals surface area contributed by atoms with Gasteiger partial charge in [-0.15, -0.1) is 0 Å². The fraction of sp³-hybridized carbons (Fsp3) is 0.0870. The number of aromatic nitrogens is 3. The number of sulfonamides is 1. The van der Waals surface area contributed by atoms with E-state index in [0.717, 1.165) is 0 Å².